The van der Waals surface area contributed by atoms with Gasteiger partial charge in [-0.1, -0.05) is 23.3 Å². The van der Waals surface area contributed by atoms with Crippen molar-refractivity contribution in [1.82, 2.24) is 20.3 Å². The average molecular weight is 204 g/mol. The Morgan fingerprint density at radius 1 is 1.33 bits per heavy atom. The van der Waals surface area contributed by atoms with Gasteiger partial charge in [0.15, 0.2) is 0 Å². The average Bonchev–Trinajstić information content (AvgIpc) is 2.66. The maximum Gasteiger partial charge on any atom is 0.271 e. The van der Waals surface area contributed by atoms with Gasteiger partial charge >= 0.3 is 0 Å². The lowest BCUT2D eigenvalue weighted by Gasteiger charge is -2.03. The Labute approximate surface area is 84.9 Å². The zero-order chi connectivity index (χ0) is 10.7. The fourth-order valence-corrected chi connectivity index (χ4v) is 1.02. The lowest BCUT2D eigenvalue weighted by molar-refractivity contribution is 0.100. The summed E-state index contributed by atoms with van der Waals surface area (Å²) in [4.78, 5) is 12.6. The smallest absolute Gasteiger partial charge is 0.271 e. The zero-order valence-electron chi connectivity index (χ0n) is 7.66. The number of hydrogen-bond acceptors (Lipinski definition) is 5. The van der Waals surface area contributed by atoms with Crippen molar-refractivity contribution in [3.8, 4) is 0 Å². The number of nitrogens with zero attached hydrogens (tertiary/aromatic N) is 4. The Kier molecular flexibility index (Phi) is 2.28. The van der Waals surface area contributed by atoms with Crippen LogP contribution in [0.4, 0.5) is 5.95 Å². The molecule has 0 spiro atoms. The number of amides is 1. The van der Waals surface area contributed by atoms with Crippen molar-refractivity contribution in [2.45, 2.75) is 0 Å². The molecule has 0 atom stereocenters. The van der Waals surface area contributed by atoms with Gasteiger partial charge in [-0.25, -0.2) is 5.43 Å². The number of nitrogens with two attached hydrogens (primary N) is 1. The first-order chi connectivity index (χ1) is 7.27. The van der Waals surface area contributed by atoms with Gasteiger partial charge in [-0.05, 0) is 22.6 Å². The first-order valence-corrected chi connectivity index (χ1v) is 4.17. The third-order valence-electron chi connectivity index (χ3n) is 1.74. The molecular weight excluding hydrogens is 196 g/mol. The second kappa shape index (κ2) is 3.74. The van der Waals surface area contributed by atoms with Crippen LogP contribution in [0, 0.1) is 0 Å². The van der Waals surface area contributed by atoms with Crippen LogP contribution in [0.2, 0.25) is 0 Å². The van der Waals surface area contributed by atoms with Gasteiger partial charge in [0, 0.05) is 5.56 Å². The van der Waals surface area contributed by atoms with Gasteiger partial charge in [0.2, 0.25) is 0 Å². The summed E-state index contributed by atoms with van der Waals surface area (Å²) in [5.41, 5.74) is 8.31. The molecule has 15 heavy (non-hydrogen) atoms. The van der Waals surface area contributed by atoms with E-state index in [1.54, 1.807) is 24.3 Å². The van der Waals surface area contributed by atoms with Crippen molar-refractivity contribution in [3.05, 3.63) is 35.9 Å². The van der Waals surface area contributed by atoms with Gasteiger partial charge in [0.05, 0.1) is 0 Å². The number of anilines is 1. The summed E-state index contributed by atoms with van der Waals surface area (Å²) in [6.07, 6.45) is 0. The second-order valence-corrected chi connectivity index (χ2v) is 2.76. The standard InChI is InChI=1S/C8H8N6O/c9-8-10-12-13-14(8)11-7(15)6-4-2-1-3-5-6/h1-5H,(H,11,15)(H2,9,10,13). The molecule has 0 aliphatic heterocycles. The third kappa shape index (κ3) is 1.90. The van der Waals surface area contributed by atoms with Crippen LogP contribution in [0.15, 0.2) is 30.3 Å². The molecule has 0 saturated heterocycles. The summed E-state index contributed by atoms with van der Waals surface area (Å²) in [6, 6.07) is 8.70. The van der Waals surface area contributed by atoms with Crippen molar-refractivity contribution in [1.29, 1.82) is 0 Å². The summed E-state index contributed by atoms with van der Waals surface area (Å²) in [6.45, 7) is 0. The van der Waals surface area contributed by atoms with Gasteiger partial charge < -0.3 is 5.73 Å². The summed E-state index contributed by atoms with van der Waals surface area (Å²) in [5, 5.41) is 10.2. The Morgan fingerprint density at radius 2 is 2.07 bits per heavy atom. The van der Waals surface area contributed by atoms with Crippen LogP contribution in [0.5, 0.6) is 0 Å². The Morgan fingerprint density at radius 3 is 2.67 bits per heavy atom. The largest absolute Gasteiger partial charge is 0.365 e. The van der Waals surface area contributed by atoms with E-state index in [9.17, 15) is 4.79 Å². The Balaban J connectivity index is 2.15. The number of nitrogens with one attached hydrogen (secondary N) is 1. The normalized spacial score (nSPS) is 9.87. The highest BCUT2D eigenvalue weighted by atomic mass is 16.2. The van der Waals surface area contributed by atoms with E-state index in [1.165, 1.54) is 0 Å². The zero-order valence-corrected chi connectivity index (χ0v) is 7.66. The molecule has 76 valence electrons. The Hall–Kier alpha value is -2.44. The molecule has 1 aromatic carbocycles. The monoisotopic (exact) mass is 204 g/mol. The minimum absolute atomic E-state index is 0.0271. The molecule has 0 bridgehead atoms. The molecule has 1 aromatic heterocycles. The molecule has 0 aliphatic carbocycles. The lowest BCUT2D eigenvalue weighted by Crippen LogP contribution is -2.25. The number of tetrazole rings is 1. The lowest BCUT2D eigenvalue weighted by atomic mass is 10.2. The van der Waals surface area contributed by atoms with Crippen LogP contribution < -0.4 is 11.2 Å². The van der Waals surface area contributed by atoms with E-state index in [2.05, 4.69) is 21.0 Å². The Bertz CT molecular complexity index is 465. The molecule has 0 unspecified atom stereocenters. The van der Waals surface area contributed by atoms with Gasteiger partial charge in [-0.15, -0.1) is 4.79 Å². The van der Waals surface area contributed by atoms with Gasteiger partial charge in [-0.2, -0.15) is 0 Å². The highest BCUT2D eigenvalue weighted by Gasteiger charge is 2.07. The number of aromatic nitrogens is 4. The molecule has 3 N–H and O–H groups in total. The number of carbonyl (C=O) groups excluding carboxylic acids is 1. The van der Waals surface area contributed by atoms with Crippen LogP contribution in [0.3, 0.4) is 0 Å². The number of rotatable bonds is 2. The molecule has 7 heteroatoms. The quantitative estimate of drug-likeness (QED) is 0.695. The maximum atomic E-state index is 11.6. The van der Waals surface area contributed by atoms with Crippen LogP contribution in [0.1, 0.15) is 10.4 Å². The van der Waals surface area contributed by atoms with E-state index in [4.69, 9.17) is 5.73 Å². The molecule has 2 rings (SSSR count). The molecule has 0 radical (unpaired) electrons. The summed E-state index contributed by atoms with van der Waals surface area (Å²) in [7, 11) is 0. The predicted octanol–water partition coefficient (Wildman–Crippen LogP) is -0.361. The molecule has 0 saturated carbocycles. The van der Waals surface area contributed by atoms with E-state index in [-0.39, 0.29) is 11.9 Å². The second-order valence-electron chi connectivity index (χ2n) is 2.76. The van der Waals surface area contributed by atoms with Crippen molar-refractivity contribution in [2.24, 2.45) is 0 Å². The van der Waals surface area contributed by atoms with Crippen molar-refractivity contribution < 1.29 is 4.79 Å². The summed E-state index contributed by atoms with van der Waals surface area (Å²) >= 11 is 0. The van der Waals surface area contributed by atoms with E-state index in [1.807, 2.05) is 6.07 Å². The molecule has 2 aromatic rings. The molecule has 1 heterocycles. The minimum atomic E-state index is -0.324. The molecule has 7 nitrogen and oxygen atoms in total. The molecule has 1 amide bonds. The molecular formula is C8H8N6O. The van der Waals surface area contributed by atoms with Gasteiger partial charge in [0.1, 0.15) is 0 Å². The van der Waals surface area contributed by atoms with Crippen molar-refractivity contribution in [3.63, 3.8) is 0 Å². The highest BCUT2D eigenvalue weighted by Crippen LogP contribution is 1.99. The first-order valence-electron chi connectivity index (χ1n) is 4.17. The first kappa shape index (κ1) is 9.13. The fraction of sp³-hybridized carbons (Fsp3) is 0. The van der Waals surface area contributed by atoms with Crippen molar-refractivity contribution in [2.75, 3.05) is 11.2 Å². The molecule has 0 fully saturated rings. The number of benzene rings is 1. The van der Waals surface area contributed by atoms with E-state index in [0.29, 0.717) is 5.56 Å². The van der Waals surface area contributed by atoms with Gasteiger partial charge in [0.25, 0.3) is 11.9 Å². The SMILES string of the molecule is Nc1nnnn1NC(=O)c1ccccc1. The van der Waals surface area contributed by atoms with Crippen LogP contribution >= 0.6 is 0 Å². The van der Waals surface area contributed by atoms with E-state index < -0.39 is 0 Å². The van der Waals surface area contributed by atoms with Gasteiger partial charge in [-0.3, -0.25) is 4.79 Å². The minimum Gasteiger partial charge on any atom is -0.365 e. The maximum absolute atomic E-state index is 11.6. The summed E-state index contributed by atoms with van der Waals surface area (Å²) < 4.78 is 0. The van der Waals surface area contributed by atoms with E-state index >= 15 is 0 Å². The van der Waals surface area contributed by atoms with Crippen molar-refractivity contribution >= 4 is 11.9 Å². The predicted molar refractivity (Wildman–Crippen MR) is 52.4 cm³/mol. The number of nitrogen functional groups attached to an aromatic ring is 1. The number of carbonyl (C=O) groups is 1. The fourth-order valence-electron chi connectivity index (χ4n) is 1.02. The topological polar surface area (TPSA) is 98.7 Å². The highest BCUT2D eigenvalue weighted by molar-refractivity contribution is 5.99. The van der Waals surface area contributed by atoms with Crippen LogP contribution in [-0.4, -0.2) is 26.2 Å². The molecule has 0 aliphatic rings. The third-order valence-corrected chi connectivity index (χ3v) is 1.74. The summed E-state index contributed by atoms with van der Waals surface area (Å²) in [5.74, 6) is -0.297. The number of hydrogen-bond donors (Lipinski definition) is 2. The van der Waals surface area contributed by atoms with Crippen LogP contribution in [-0.2, 0) is 0 Å². The van der Waals surface area contributed by atoms with Crippen LogP contribution in [0.25, 0.3) is 0 Å². The van der Waals surface area contributed by atoms with E-state index in [0.717, 1.165) is 4.79 Å².